The quantitative estimate of drug-likeness (QED) is 0.394. The van der Waals surface area contributed by atoms with Crippen molar-refractivity contribution in [3.8, 4) is 0 Å². The molecule has 0 bridgehead atoms. The zero-order valence-electron chi connectivity index (χ0n) is 18.0. The molecule has 0 spiro atoms. The van der Waals surface area contributed by atoms with Gasteiger partial charge in [-0.2, -0.15) is 13.2 Å². The molecule has 33 heavy (non-hydrogen) atoms. The van der Waals surface area contributed by atoms with Gasteiger partial charge in [-0.15, -0.1) is 5.48 Å². The van der Waals surface area contributed by atoms with Crippen LogP contribution >= 0.6 is 0 Å². The van der Waals surface area contributed by atoms with Crippen molar-refractivity contribution in [3.63, 3.8) is 0 Å². The monoisotopic (exact) mass is 470 g/mol. The number of hydrazine groups is 1. The molecular formula is C20H25F3N6O4. The number of carbonyl (C=O) groups is 2. The van der Waals surface area contributed by atoms with Gasteiger partial charge in [0.25, 0.3) is 11.8 Å². The highest BCUT2D eigenvalue weighted by molar-refractivity contribution is 5.94. The minimum absolute atomic E-state index is 0.0935. The van der Waals surface area contributed by atoms with Gasteiger partial charge in [0.15, 0.2) is 6.17 Å². The maximum absolute atomic E-state index is 12.6. The van der Waals surface area contributed by atoms with Crippen LogP contribution in [-0.4, -0.2) is 68.3 Å². The van der Waals surface area contributed by atoms with Crippen molar-refractivity contribution < 1.29 is 32.3 Å². The molecule has 180 valence electrons. The number of aliphatic imine (C=N–C) groups is 1. The lowest BCUT2D eigenvalue weighted by Gasteiger charge is -2.16. The lowest BCUT2D eigenvalue weighted by atomic mass is 10.1. The molecule has 0 saturated heterocycles. The minimum atomic E-state index is -4.67. The first-order valence-corrected chi connectivity index (χ1v) is 10.2. The van der Waals surface area contributed by atoms with Gasteiger partial charge < -0.3 is 25.2 Å². The summed E-state index contributed by atoms with van der Waals surface area (Å²) in [5.41, 5.74) is 6.55. The zero-order valence-corrected chi connectivity index (χ0v) is 18.0. The molecular weight excluding hydrogens is 445 g/mol. The third kappa shape index (κ3) is 6.66. The number of halogens is 3. The number of hydrogen-bond donors (Lipinski definition) is 4. The summed E-state index contributed by atoms with van der Waals surface area (Å²) in [6, 6.07) is 6.04. The van der Waals surface area contributed by atoms with Crippen molar-refractivity contribution in [2.24, 2.45) is 4.99 Å². The molecule has 4 N–H and O–H groups in total. The molecule has 0 aromatic heterocycles. The Hall–Kier alpha value is -3.16. The summed E-state index contributed by atoms with van der Waals surface area (Å²) in [5.74, 6) is -1.90. The van der Waals surface area contributed by atoms with E-state index < -0.39 is 18.2 Å². The number of benzene rings is 1. The van der Waals surface area contributed by atoms with Gasteiger partial charge in [0.05, 0.1) is 13.2 Å². The number of likely N-dealkylation sites (N-methyl/N-ethyl adjacent to an activating group) is 1. The van der Waals surface area contributed by atoms with E-state index in [1.807, 2.05) is 13.0 Å². The summed E-state index contributed by atoms with van der Waals surface area (Å²) in [6.45, 7) is 3.05. The van der Waals surface area contributed by atoms with Crippen LogP contribution < -0.4 is 21.5 Å². The van der Waals surface area contributed by atoms with Crippen molar-refractivity contribution >= 4 is 17.7 Å². The van der Waals surface area contributed by atoms with Crippen molar-refractivity contribution in [2.45, 2.75) is 25.3 Å². The second-order valence-corrected chi connectivity index (χ2v) is 7.33. The highest BCUT2D eigenvalue weighted by Crippen LogP contribution is 2.26. The number of nitrogens with zero attached hydrogens (tertiary/aromatic N) is 2. The van der Waals surface area contributed by atoms with E-state index in [-0.39, 0.29) is 37.6 Å². The summed E-state index contributed by atoms with van der Waals surface area (Å²) >= 11 is 0. The van der Waals surface area contributed by atoms with E-state index in [9.17, 15) is 22.8 Å². The molecule has 2 aliphatic heterocycles. The molecule has 10 nitrogen and oxygen atoms in total. The van der Waals surface area contributed by atoms with Crippen LogP contribution in [0.5, 0.6) is 0 Å². The van der Waals surface area contributed by atoms with Gasteiger partial charge in [0, 0.05) is 31.7 Å². The Morgan fingerprint density at radius 1 is 1.15 bits per heavy atom. The molecule has 2 amide bonds. The van der Waals surface area contributed by atoms with Crippen LogP contribution in [0.2, 0.25) is 0 Å². The Labute approximate surface area is 188 Å². The normalized spacial score (nSPS) is 20.2. The molecule has 0 saturated carbocycles. The van der Waals surface area contributed by atoms with Crippen LogP contribution in [0.3, 0.4) is 0 Å². The fourth-order valence-electron chi connectivity index (χ4n) is 3.13. The van der Waals surface area contributed by atoms with Crippen molar-refractivity contribution in [2.75, 3.05) is 33.4 Å². The molecule has 2 atom stereocenters. The Morgan fingerprint density at radius 3 is 2.33 bits per heavy atom. The summed E-state index contributed by atoms with van der Waals surface area (Å²) in [7, 11) is 1.76. The van der Waals surface area contributed by atoms with E-state index in [1.54, 1.807) is 12.1 Å². The van der Waals surface area contributed by atoms with Crippen molar-refractivity contribution in [3.05, 3.63) is 47.2 Å². The molecule has 0 fully saturated rings. The van der Waals surface area contributed by atoms with Gasteiger partial charge in [-0.1, -0.05) is 12.1 Å². The molecule has 3 rings (SSSR count). The number of hydroxylamine groups is 1. The first kappa shape index (κ1) is 24.5. The number of rotatable bonds is 9. The van der Waals surface area contributed by atoms with Gasteiger partial charge in [-0.25, -0.2) is 10.4 Å². The van der Waals surface area contributed by atoms with Crippen LogP contribution in [0.25, 0.3) is 0 Å². The number of amides is 2. The first-order valence-electron chi connectivity index (χ1n) is 10.2. The molecule has 2 unspecified atom stereocenters. The van der Waals surface area contributed by atoms with Crippen LogP contribution in [-0.2, 0) is 14.4 Å². The van der Waals surface area contributed by atoms with Crippen molar-refractivity contribution in [1.82, 2.24) is 26.5 Å². The van der Waals surface area contributed by atoms with E-state index in [0.29, 0.717) is 23.4 Å². The average Bonchev–Trinajstić information content (AvgIpc) is 3.39. The van der Waals surface area contributed by atoms with E-state index in [2.05, 4.69) is 31.4 Å². The Kier molecular flexibility index (Phi) is 7.89. The predicted octanol–water partition coefficient (Wildman–Crippen LogP) is 0.766. The predicted molar refractivity (Wildman–Crippen MR) is 111 cm³/mol. The first-order chi connectivity index (χ1) is 15.6. The molecule has 1 aromatic rings. The van der Waals surface area contributed by atoms with E-state index >= 15 is 0 Å². The van der Waals surface area contributed by atoms with Gasteiger partial charge in [-0.3, -0.25) is 9.59 Å². The maximum atomic E-state index is 12.6. The lowest BCUT2D eigenvalue weighted by molar-refractivity contribution is -0.119. The van der Waals surface area contributed by atoms with Gasteiger partial charge in [-0.05, 0) is 30.7 Å². The highest BCUT2D eigenvalue weighted by Gasteiger charge is 2.42. The second-order valence-electron chi connectivity index (χ2n) is 7.33. The van der Waals surface area contributed by atoms with Crippen LogP contribution in [0.4, 0.5) is 13.2 Å². The number of nitrogens with one attached hydrogen (secondary N) is 4. The molecule has 2 heterocycles. The largest absolute Gasteiger partial charge is 0.470 e. The van der Waals surface area contributed by atoms with E-state index in [0.717, 1.165) is 0 Å². The van der Waals surface area contributed by atoms with Crippen molar-refractivity contribution in [1.29, 1.82) is 0 Å². The number of alkyl halides is 3. The Morgan fingerprint density at radius 2 is 1.79 bits per heavy atom. The standard InChI is InChI=1S/C20H25F3N6O4/c1-12-11-15(29(2)27-12)18(31)25-8-10-32-9-7-24-17(30)14-5-3-13(4-6-14)16-26-19(33-28-16)20(21,22)23/h3-6,11-12,16,27-28H,7-10H2,1-2H3,(H,24,30)(H,25,31). The molecule has 2 aliphatic rings. The van der Waals surface area contributed by atoms with Crippen LogP contribution in [0.1, 0.15) is 29.0 Å². The van der Waals surface area contributed by atoms with E-state index in [1.165, 1.54) is 24.3 Å². The van der Waals surface area contributed by atoms with Gasteiger partial charge in [0.2, 0.25) is 0 Å². The lowest BCUT2D eigenvalue weighted by Crippen LogP contribution is -2.38. The summed E-state index contributed by atoms with van der Waals surface area (Å²) in [6.07, 6.45) is -3.85. The topological polar surface area (TPSA) is 116 Å². The number of ether oxygens (including phenoxy) is 1. The zero-order chi connectivity index (χ0) is 24.0. The molecule has 13 heteroatoms. The molecule has 1 aromatic carbocycles. The summed E-state index contributed by atoms with van der Waals surface area (Å²) < 4.78 is 43.1. The Balaban J connectivity index is 1.32. The number of hydrogen-bond acceptors (Lipinski definition) is 8. The third-order valence-corrected chi connectivity index (χ3v) is 4.71. The maximum Gasteiger partial charge on any atom is 0.470 e. The van der Waals surface area contributed by atoms with E-state index in [4.69, 9.17) is 4.74 Å². The summed E-state index contributed by atoms with van der Waals surface area (Å²) in [4.78, 5) is 32.0. The van der Waals surface area contributed by atoms with Crippen LogP contribution in [0, 0.1) is 0 Å². The summed E-state index contributed by atoms with van der Waals surface area (Å²) in [5, 5.41) is 7.09. The number of carbonyl (C=O) groups excluding carboxylic acids is 2. The highest BCUT2D eigenvalue weighted by atomic mass is 19.4. The minimum Gasteiger partial charge on any atom is -0.381 e. The van der Waals surface area contributed by atoms with Gasteiger partial charge >= 0.3 is 12.1 Å². The third-order valence-electron chi connectivity index (χ3n) is 4.71. The fraction of sp³-hybridized carbons (Fsp3) is 0.450. The SMILES string of the molecule is CC1C=C(C(=O)NCCOCCNC(=O)c2ccc(C3N=C(C(F)(F)F)ON3)cc2)N(C)N1. The smallest absolute Gasteiger partial charge is 0.381 e. The molecule has 0 radical (unpaired) electrons. The second kappa shape index (κ2) is 10.6. The Bertz CT molecular complexity index is 919. The fourth-order valence-corrected chi connectivity index (χ4v) is 3.13. The molecule has 0 aliphatic carbocycles. The van der Waals surface area contributed by atoms with Crippen LogP contribution in [0.15, 0.2) is 41.0 Å². The average molecular weight is 470 g/mol. The van der Waals surface area contributed by atoms with Gasteiger partial charge in [0.1, 0.15) is 5.70 Å².